The van der Waals surface area contributed by atoms with E-state index in [1.165, 1.54) is 55.6 Å². The molecular weight excluding hydrogens is 538 g/mol. The van der Waals surface area contributed by atoms with Gasteiger partial charge in [-0.2, -0.15) is 0 Å². The fourth-order valence-corrected chi connectivity index (χ4v) is 3.97. The van der Waals surface area contributed by atoms with E-state index in [0.717, 1.165) is 4.90 Å². The van der Waals surface area contributed by atoms with E-state index >= 15 is 0 Å². The molecule has 1 aliphatic rings. The molecule has 40 heavy (non-hydrogen) atoms. The predicted molar refractivity (Wildman–Crippen MR) is 148 cm³/mol. The Balaban J connectivity index is 1.43. The predicted octanol–water partition coefficient (Wildman–Crippen LogP) is 4.73. The Bertz CT molecular complexity index is 1520. The first-order valence-electron chi connectivity index (χ1n) is 12.2. The molecule has 4 rings (SSSR count). The number of amides is 3. The molecule has 1 aliphatic heterocycles. The van der Waals surface area contributed by atoms with E-state index < -0.39 is 29.7 Å². The average Bonchev–Trinajstić information content (AvgIpc) is 3.18. The smallest absolute Gasteiger partial charge is 0.338 e. The first-order valence-corrected chi connectivity index (χ1v) is 12.5. The lowest BCUT2D eigenvalue weighted by Crippen LogP contribution is -2.32. The minimum Gasteiger partial charge on any atom is -0.465 e. The summed E-state index contributed by atoms with van der Waals surface area (Å²) in [4.78, 5) is 63.3. The number of rotatable bonds is 9. The Morgan fingerprint density at radius 2 is 1.48 bits per heavy atom. The number of halogens is 1. The van der Waals surface area contributed by atoms with Gasteiger partial charge in [-0.15, -0.1) is 0 Å². The van der Waals surface area contributed by atoms with Gasteiger partial charge in [-0.05, 0) is 73.2 Å². The molecule has 0 aromatic heterocycles. The summed E-state index contributed by atoms with van der Waals surface area (Å²) in [5, 5.41) is 5.25. The first-order chi connectivity index (χ1) is 19.2. The fourth-order valence-electron chi connectivity index (χ4n) is 3.76. The summed E-state index contributed by atoms with van der Waals surface area (Å²) in [6, 6.07) is 18.3. The monoisotopic (exact) mass is 561 g/mol. The number of benzene rings is 3. The van der Waals surface area contributed by atoms with E-state index in [-0.39, 0.29) is 28.6 Å². The number of hydrogen-bond acceptors (Lipinski definition) is 8. The summed E-state index contributed by atoms with van der Waals surface area (Å²) >= 11 is 6.22. The Hall–Kier alpha value is -4.96. The van der Waals surface area contributed by atoms with Crippen LogP contribution < -0.4 is 15.5 Å². The number of anilines is 3. The second-order valence-corrected chi connectivity index (χ2v) is 8.92. The van der Waals surface area contributed by atoms with E-state index in [1.807, 2.05) is 6.92 Å². The molecule has 3 aromatic rings. The van der Waals surface area contributed by atoms with Crippen LogP contribution >= 0.6 is 11.6 Å². The molecule has 3 amide bonds. The van der Waals surface area contributed by atoms with E-state index in [4.69, 9.17) is 16.3 Å². The maximum absolute atomic E-state index is 13.1. The van der Waals surface area contributed by atoms with E-state index in [2.05, 4.69) is 15.4 Å². The highest BCUT2D eigenvalue weighted by molar-refractivity contribution is 6.53. The van der Waals surface area contributed by atoms with Crippen LogP contribution in [-0.4, -0.2) is 43.4 Å². The number of carbonyl (C=O) groups excluding carboxylic acids is 5. The zero-order valence-electron chi connectivity index (χ0n) is 21.5. The van der Waals surface area contributed by atoms with Gasteiger partial charge in [0.15, 0.2) is 0 Å². The van der Waals surface area contributed by atoms with Gasteiger partial charge < -0.3 is 20.1 Å². The third-order valence-corrected chi connectivity index (χ3v) is 6.14. The number of nitrogens with zero attached hydrogens (tertiary/aromatic N) is 1. The molecule has 0 fully saturated rings. The summed E-state index contributed by atoms with van der Waals surface area (Å²) in [5.74, 6) is -2.90. The molecule has 0 atom stereocenters. The van der Waals surface area contributed by atoms with E-state index in [1.54, 1.807) is 24.3 Å². The molecular formula is C29H24ClN3O7. The molecule has 0 bridgehead atoms. The average molecular weight is 562 g/mol. The SMILES string of the molecule is CCCOC(=O)c1cccc(N2C(=O)C(Cl)=C(Nc3ccc(C(=O)Nc4ccc(C(=O)OC)cc4)cc3)C2=O)c1. The number of nitrogens with one attached hydrogen (secondary N) is 2. The van der Waals surface area contributed by atoms with Crippen LogP contribution in [0.1, 0.15) is 44.4 Å². The van der Waals surface area contributed by atoms with Crippen LogP contribution in [-0.2, 0) is 19.1 Å². The lowest BCUT2D eigenvalue weighted by molar-refractivity contribution is -0.120. The number of methoxy groups -OCH3 is 1. The molecule has 0 radical (unpaired) electrons. The number of hydrogen-bond donors (Lipinski definition) is 2. The van der Waals surface area contributed by atoms with Crippen molar-refractivity contribution in [2.75, 3.05) is 29.3 Å². The molecule has 0 saturated carbocycles. The lowest BCUT2D eigenvalue weighted by atomic mass is 10.1. The summed E-state index contributed by atoms with van der Waals surface area (Å²) < 4.78 is 9.78. The Morgan fingerprint density at radius 3 is 2.12 bits per heavy atom. The van der Waals surface area contributed by atoms with Crippen molar-refractivity contribution in [3.05, 3.63) is 100 Å². The molecule has 0 aliphatic carbocycles. The summed E-state index contributed by atoms with van der Waals surface area (Å²) in [6.45, 7) is 2.11. The van der Waals surface area contributed by atoms with Gasteiger partial charge in [0.2, 0.25) is 0 Å². The van der Waals surface area contributed by atoms with Crippen LogP contribution in [0.2, 0.25) is 0 Å². The van der Waals surface area contributed by atoms with Gasteiger partial charge in [-0.3, -0.25) is 14.4 Å². The highest BCUT2D eigenvalue weighted by Gasteiger charge is 2.39. The van der Waals surface area contributed by atoms with Gasteiger partial charge in [0.1, 0.15) is 10.7 Å². The van der Waals surface area contributed by atoms with Crippen molar-refractivity contribution >= 4 is 58.3 Å². The van der Waals surface area contributed by atoms with Crippen LogP contribution in [0.5, 0.6) is 0 Å². The molecule has 10 nitrogen and oxygen atoms in total. The third-order valence-electron chi connectivity index (χ3n) is 5.78. The molecule has 0 spiro atoms. The van der Waals surface area contributed by atoms with Crippen molar-refractivity contribution in [3.8, 4) is 0 Å². The summed E-state index contributed by atoms with van der Waals surface area (Å²) in [6.07, 6.45) is 0.654. The molecule has 204 valence electrons. The van der Waals surface area contributed by atoms with Crippen molar-refractivity contribution in [1.29, 1.82) is 0 Å². The molecule has 0 saturated heterocycles. The van der Waals surface area contributed by atoms with Crippen molar-refractivity contribution in [2.45, 2.75) is 13.3 Å². The van der Waals surface area contributed by atoms with E-state index in [9.17, 15) is 24.0 Å². The highest BCUT2D eigenvalue weighted by Crippen LogP contribution is 2.31. The Morgan fingerprint density at radius 1 is 0.825 bits per heavy atom. The zero-order valence-corrected chi connectivity index (χ0v) is 22.3. The van der Waals surface area contributed by atoms with Gasteiger partial charge in [0.05, 0.1) is 30.5 Å². The first kappa shape index (κ1) is 28.1. The minimum atomic E-state index is -0.748. The van der Waals surface area contributed by atoms with Crippen LogP contribution in [0.15, 0.2) is 83.5 Å². The maximum atomic E-state index is 13.1. The van der Waals surface area contributed by atoms with Crippen molar-refractivity contribution in [2.24, 2.45) is 0 Å². The zero-order chi connectivity index (χ0) is 28.8. The van der Waals surface area contributed by atoms with Gasteiger partial charge in [-0.25, -0.2) is 14.5 Å². The second-order valence-electron chi connectivity index (χ2n) is 8.55. The van der Waals surface area contributed by atoms with Gasteiger partial charge in [0.25, 0.3) is 17.7 Å². The normalized spacial score (nSPS) is 12.8. The van der Waals surface area contributed by atoms with Gasteiger partial charge in [-0.1, -0.05) is 24.6 Å². The maximum Gasteiger partial charge on any atom is 0.338 e. The van der Waals surface area contributed by atoms with Gasteiger partial charge in [0, 0.05) is 16.9 Å². The third kappa shape index (κ3) is 6.02. The van der Waals surface area contributed by atoms with Crippen LogP contribution in [0, 0.1) is 0 Å². The number of carbonyl (C=O) groups is 5. The summed E-state index contributed by atoms with van der Waals surface area (Å²) in [5.41, 5.74) is 1.78. The van der Waals surface area contributed by atoms with Crippen LogP contribution in [0.4, 0.5) is 17.1 Å². The summed E-state index contributed by atoms with van der Waals surface area (Å²) in [7, 11) is 1.28. The highest BCUT2D eigenvalue weighted by atomic mass is 35.5. The standard InChI is InChI=1S/C29H24ClN3O7/c1-3-15-40-29(38)19-5-4-6-22(16-19)33-26(35)23(30)24(27(33)36)31-20-11-7-17(8-12-20)25(34)32-21-13-9-18(10-14-21)28(37)39-2/h4-14,16,31H,3,15H2,1-2H3,(H,32,34). The van der Waals surface area contributed by atoms with Crippen LogP contribution in [0.3, 0.4) is 0 Å². The Kier molecular flexibility index (Phi) is 8.60. The quantitative estimate of drug-likeness (QED) is 0.283. The molecule has 0 unspecified atom stereocenters. The van der Waals surface area contributed by atoms with Crippen molar-refractivity contribution in [1.82, 2.24) is 0 Å². The molecule has 2 N–H and O–H groups in total. The number of imide groups is 1. The molecule has 3 aromatic carbocycles. The van der Waals surface area contributed by atoms with Crippen molar-refractivity contribution in [3.63, 3.8) is 0 Å². The molecule has 1 heterocycles. The Labute approximate surface area is 234 Å². The largest absolute Gasteiger partial charge is 0.465 e. The lowest BCUT2D eigenvalue weighted by Gasteiger charge is -2.16. The topological polar surface area (TPSA) is 131 Å². The van der Waals surface area contributed by atoms with Crippen molar-refractivity contribution < 1.29 is 33.4 Å². The minimum absolute atomic E-state index is 0.145. The van der Waals surface area contributed by atoms with Gasteiger partial charge >= 0.3 is 11.9 Å². The number of ether oxygens (including phenoxy) is 2. The fraction of sp³-hybridized carbons (Fsp3) is 0.138. The van der Waals surface area contributed by atoms with Crippen LogP contribution in [0.25, 0.3) is 0 Å². The number of esters is 2. The molecule has 11 heteroatoms. The van der Waals surface area contributed by atoms with E-state index in [0.29, 0.717) is 28.9 Å². The second kappa shape index (κ2) is 12.3.